The molecule has 0 aliphatic rings. The molecule has 2 aromatic rings. The molecule has 0 aliphatic heterocycles. The molecule has 0 bridgehead atoms. The largest absolute Gasteiger partial charge is 0.495 e. The van der Waals surface area contributed by atoms with Crippen LogP contribution in [0.2, 0.25) is 5.02 Å². The third kappa shape index (κ3) is 3.50. The monoisotopic (exact) mass is 293 g/mol. The number of halogens is 2. The van der Waals surface area contributed by atoms with Gasteiger partial charge in [0.15, 0.2) is 0 Å². The zero-order valence-electron chi connectivity index (χ0n) is 11.5. The zero-order chi connectivity index (χ0) is 14.5. The number of hydrogen-bond donors (Lipinski definition) is 1. The molecule has 0 amide bonds. The molecule has 0 heterocycles. The number of ether oxygens (including phenoxy) is 1. The molecule has 0 aliphatic carbocycles. The lowest BCUT2D eigenvalue weighted by atomic mass is 10.1. The third-order valence-electron chi connectivity index (χ3n) is 3.20. The van der Waals surface area contributed by atoms with E-state index in [0.29, 0.717) is 22.9 Å². The number of nitrogens with one attached hydrogen (secondary N) is 1. The lowest BCUT2D eigenvalue weighted by molar-refractivity contribution is 0.414. The van der Waals surface area contributed by atoms with Crippen molar-refractivity contribution in [3.05, 3.63) is 64.4 Å². The van der Waals surface area contributed by atoms with Crippen LogP contribution in [0.1, 0.15) is 24.1 Å². The minimum absolute atomic E-state index is 0.0722. The minimum Gasteiger partial charge on any atom is -0.495 e. The lowest BCUT2D eigenvalue weighted by Crippen LogP contribution is -2.19. The summed E-state index contributed by atoms with van der Waals surface area (Å²) in [4.78, 5) is 0. The highest BCUT2D eigenvalue weighted by Crippen LogP contribution is 2.25. The van der Waals surface area contributed by atoms with Gasteiger partial charge < -0.3 is 10.1 Å². The first-order valence-corrected chi connectivity index (χ1v) is 6.80. The first-order chi connectivity index (χ1) is 9.61. The van der Waals surface area contributed by atoms with Gasteiger partial charge in [0, 0.05) is 18.2 Å². The Bertz CT molecular complexity index is 588. The molecule has 4 heteroatoms. The van der Waals surface area contributed by atoms with Crippen molar-refractivity contribution < 1.29 is 9.13 Å². The number of benzene rings is 2. The van der Waals surface area contributed by atoms with Crippen LogP contribution in [0.4, 0.5) is 4.39 Å². The Balaban J connectivity index is 2.02. The van der Waals surface area contributed by atoms with Gasteiger partial charge in [0.05, 0.1) is 12.1 Å². The highest BCUT2D eigenvalue weighted by molar-refractivity contribution is 6.32. The maximum absolute atomic E-state index is 13.7. The van der Waals surface area contributed by atoms with Crippen molar-refractivity contribution in [1.29, 1.82) is 0 Å². The number of hydrogen-bond acceptors (Lipinski definition) is 2. The molecule has 2 nitrogen and oxygen atoms in total. The number of methoxy groups -OCH3 is 1. The van der Waals surface area contributed by atoms with E-state index in [1.807, 2.05) is 31.2 Å². The van der Waals surface area contributed by atoms with Crippen LogP contribution >= 0.6 is 11.6 Å². The second kappa shape index (κ2) is 6.73. The molecule has 0 spiro atoms. The maximum atomic E-state index is 13.7. The zero-order valence-corrected chi connectivity index (χ0v) is 12.2. The van der Waals surface area contributed by atoms with Gasteiger partial charge in [0.25, 0.3) is 0 Å². The molecule has 1 N–H and O–H groups in total. The Morgan fingerprint density at radius 3 is 2.65 bits per heavy atom. The van der Waals surface area contributed by atoms with Crippen LogP contribution in [0.25, 0.3) is 0 Å². The second-order valence-corrected chi connectivity index (χ2v) is 5.00. The average molecular weight is 294 g/mol. The molecule has 2 aromatic carbocycles. The Kier molecular flexibility index (Phi) is 4.99. The summed E-state index contributed by atoms with van der Waals surface area (Å²) in [5, 5.41) is 3.86. The standard InChI is InChI=1S/C16H17ClFNO/c1-11(13-5-3-4-6-15(13)18)19-10-12-7-8-16(20-2)14(17)9-12/h3-9,11,19H,10H2,1-2H3. The molecular formula is C16H17ClFNO. The van der Waals surface area contributed by atoms with Gasteiger partial charge in [-0.25, -0.2) is 4.39 Å². The van der Waals surface area contributed by atoms with Crippen LogP contribution < -0.4 is 10.1 Å². The molecular weight excluding hydrogens is 277 g/mol. The Morgan fingerprint density at radius 2 is 2.00 bits per heavy atom. The van der Waals surface area contributed by atoms with E-state index in [-0.39, 0.29) is 11.9 Å². The Hall–Kier alpha value is -1.58. The third-order valence-corrected chi connectivity index (χ3v) is 3.50. The SMILES string of the molecule is COc1ccc(CNC(C)c2ccccc2F)cc1Cl. The van der Waals surface area contributed by atoms with Gasteiger partial charge in [-0.1, -0.05) is 35.9 Å². The minimum atomic E-state index is -0.194. The summed E-state index contributed by atoms with van der Waals surface area (Å²) < 4.78 is 18.8. The van der Waals surface area contributed by atoms with Crippen LogP contribution in [0.5, 0.6) is 5.75 Å². The molecule has 2 rings (SSSR count). The fourth-order valence-corrected chi connectivity index (χ4v) is 2.31. The summed E-state index contributed by atoms with van der Waals surface area (Å²) in [6, 6.07) is 12.3. The first kappa shape index (κ1) is 14.8. The van der Waals surface area contributed by atoms with E-state index in [0.717, 1.165) is 5.56 Å². The summed E-state index contributed by atoms with van der Waals surface area (Å²) in [6.07, 6.45) is 0. The Morgan fingerprint density at radius 1 is 1.25 bits per heavy atom. The van der Waals surface area contributed by atoms with Crippen molar-refractivity contribution in [3.8, 4) is 5.75 Å². The van der Waals surface area contributed by atoms with E-state index >= 15 is 0 Å². The van der Waals surface area contributed by atoms with E-state index in [2.05, 4.69) is 5.32 Å². The first-order valence-electron chi connectivity index (χ1n) is 6.42. The fraction of sp³-hybridized carbons (Fsp3) is 0.250. The second-order valence-electron chi connectivity index (χ2n) is 4.59. The summed E-state index contributed by atoms with van der Waals surface area (Å²) >= 11 is 6.07. The van der Waals surface area contributed by atoms with Crippen molar-refractivity contribution in [3.63, 3.8) is 0 Å². The molecule has 1 atom stereocenters. The molecule has 1 unspecified atom stereocenters. The van der Waals surface area contributed by atoms with Crippen LogP contribution in [-0.4, -0.2) is 7.11 Å². The van der Waals surface area contributed by atoms with Gasteiger partial charge in [-0.2, -0.15) is 0 Å². The summed E-state index contributed by atoms with van der Waals surface area (Å²) in [5.41, 5.74) is 1.69. The van der Waals surface area contributed by atoms with Crippen molar-refractivity contribution in [2.75, 3.05) is 7.11 Å². The van der Waals surface area contributed by atoms with Gasteiger partial charge in [0.1, 0.15) is 11.6 Å². The normalized spacial score (nSPS) is 12.2. The smallest absolute Gasteiger partial charge is 0.137 e. The molecule has 0 fully saturated rings. The van der Waals surface area contributed by atoms with Crippen molar-refractivity contribution in [2.45, 2.75) is 19.5 Å². The van der Waals surface area contributed by atoms with Crippen molar-refractivity contribution in [2.24, 2.45) is 0 Å². The topological polar surface area (TPSA) is 21.3 Å². The van der Waals surface area contributed by atoms with Gasteiger partial charge in [-0.05, 0) is 30.7 Å². The molecule has 0 saturated carbocycles. The highest BCUT2D eigenvalue weighted by atomic mass is 35.5. The van der Waals surface area contributed by atoms with Gasteiger partial charge >= 0.3 is 0 Å². The van der Waals surface area contributed by atoms with E-state index in [1.54, 1.807) is 19.2 Å². The van der Waals surface area contributed by atoms with Gasteiger partial charge in [-0.3, -0.25) is 0 Å². The fourth-order valence-electron chi connectivity index (χ4n) is 2.03. The predicted molar refractivity (Wildman–Crippen MR) is 79.7 cm³/mol. The Labute approximate surface area is 123 Å². The molecule has 0 aromatic heterocycles. The van der Waals surface area contributed by atoms with E-state index in [4.69, 9.17) is 16.3 Å². The van der Waals surface area contributed by atoms with E-state index in [9.17, 15) is 4.39 Å². The van der Waals surface area contributed by atoms with E-state index < -0.39 is 0 Å². The molecule has 106 valence electrons. The average Bonchev–Trinajstić information content (AvgIpc) is 2.45. The van der Waals surface area contributed by atoms with Crippen molar-refractivity contribution in [1.82, 2.24) is 5.32 Å². The predicted octanol–water partition coefficient (Wildman–Crippen LogP) is 4.34. The van der Waals surface area contributed by atoms with Crippen LogP contribution in [0.15, 0.2) is 42.5 Å². The molecule has 0 saturated heterocycles. The van der Waals surface area contributed by atoms with Crippen LogP contribution in [0, 0.1) is 5.82 Å². The number of rotatable bonds is 5. The van der Waals surface area contributed by atoms with Gasteiger partial charge in [0.2, 0.25) is 0 Å². The molecule has 0 radical (unpaired) electrons. The maximum Gasteiger partial charge on any atom is 0.137 e. The van der Waals surface area contributed by atoms with Gasteiger partial charge in [-0.15, -0.1) is 0 Å². The van der Waals surface area contributed by atoms with Crippen molar-refractivity contribution >= 4 is 11.6 Å². The quantitative estimate of drug-likeness (QED) is 0.885. The summed E-state index contributed by atoms with van der Waals surface area (Å²) in [7, 11) is 1.58. The highest BCUT2D eigenvalue weighted by Gasteiger charge is 2.10. The summed E-state index contributed by atoms with van der Waals surface area (Å²) in [5.74, 6) is 0.456. The molecule has 20 heavy (non-hydrogen) atoms. The summed E-state index contributed by atoms with van der Waals surface area (Å²) in [6.45, 7) is 2.54. The lowest BCUT2D eigenvalue weighted by Gasteiger charge is -2.15. The van der Waals surface area contributed by atoms with E-state index in [1.165, 1.54) is 6.07 Å². The van der Waals surface area contributed by atoms with Crippen LogP contribution in [-0.2, 0) is 6.54 Å². The van der Waals surface area contributed by atoms with Crippen LogP contribution in [0.3, 0.4) is 0 Å².